The lowest BCUT2D eigenvalue weighted by Gasteiger charge is -2.01. The van der Waals surface area contributed by atoms with E-state index in [0.717, 1.165) is 16.6 Å². The molecule has 2 aromatic heterocycles. The minimum atomic E-state index is -0.389. The van der Waals surface area contributed by atoms with E-state index >= 15 is 0 Å². The van der Waals surface area contributed by atoms with Crippen molar-refractivity contribution in [3.63, 3.8) is 0 Å². The lowest BCUT2D eigenvalue weighted by molar-refractivity contribution is 0.104. The van der Waals surface area contributed by atoms with Gasteiger partial charge in [-0.2, -0.15) is 0 Å². The average molecular weight is 383 g/mol. The van der Waals surface area contributed by atoms with Crippen molar-refractivity contribution in [2.45, 2.75) is 0 Å². The molecule has 0 radical (unpaired) electrons. The highest BCUT2D eigenvalue weighted by Gasteiger charge is 2.19. The van der Waals surface area contributed by atoms with E-state index in [1.54, 1.807) is 12.1 Å². The van der Waals surface area contributed by atoms with Gasteiger partial charge < -0.3 is 5.73 Å². The van der Waals surface area contributed by atoms with Gasteiger partial charge in [0, 0.05) is 21.5 Å². The number of fused-ring (bicyclic) bond motifs is 1. The monoisotopic (exact) mass is 382 g/mol. The summed E-state index contributed by atoms with van der Waals surface area (Å²) >= 11 is 7.16. The molecule has 0 spiro atoms. The van der Waals surface area contributed by atoms with Gasteiger partial charge in [0.05, 0.1) is 11.4 Å². The number of anilines is 1. The Bertz CT molecular complexity index is 1120. The van der Waals surface area contributed by atoms with Crippen LogP contribution in [0.2, 0.25) is 5.02 Å². The highest BCUT2D eigenvalue weighted by Crippen LogP contribution is 2.35. The molecule has 0 aliphatic heterocycles. The van der Waals surface area contributed by atoms with Gasteiger partial charge in [-0.05, 0) is 48.5 Å². The van der Waals surface area contributed by atoms with E-state index in [2.05, 4.69) is 4.98 Å². The van der Waals surface area contributed by atoms with Crippen molar-refractivity contribution in [2.24, 2.45) is 0 Å². The minimum Gasteiger partial charge on any atom is -0.397 e. The Hall–Kier alpha value is -2.76. The van der Waals surface area contributed by atoms with E-state index in [1.807, 2.05) is 24.3 Å². The molecule has 0 aliphatic rings. The topological polar surface area (TPSA) is 56.0 Å². The third-order valence-electron chi connectivity index (χ3n) is 4.05. The van der Waals surface area contributed by atoms with Gasteiger partial charge in [0.15, 0.2) is 0 Å². The largest absolute Gasteiger partial charge is 0.397 e. The maximum atomic E-state index is 13.1. The Kier molecular flexibility index (Phi) is 4.18. The van der Waals surface area contributed by atoms with Crippen molar-refractivity contribution < 1.29 is 9.18 Å². The molecular weight excluding hydrogens is 371 g/mol. The van der Waals surface area contributed by atoms with E-state index in [9.17, 15) is 9.18 Å². The van der Waals surface area contributed by atoms with Crippen molar-refractivity contribution in [3.8, 4) is 11.3 Å². The summed E-state index contributed by atoms with van der Waals surface area (Å²) in [6.45, 7) is 0. The number of ketones is 1. The third kappa shape index (κ3) is 2.96. The first-order chi connectivity index (χ1) is 12.5. The van der Waals surface area contributed by atoms with Crippen LogP contribution in [-0.4, -0.2) is 10.8 Å². The summed E-state index contributed by atoms with van der Waals surface area (Å²) in [4.78, 5) is 18.4. The van der Waals surface area contributed by atoms with E-state index in [1.165, 1.54) is 35.6 Å². The smallest absolute Gasteiger partial charge is 0.205 e. The fourth-order valence-electron chi connectivity index (χ4n) is 2.68. The molecule has 0 saturated heterocycles. The van der Waals surface area contributed by atoms with E-state index in [-0.39, 0.29) is 11.6 Å². The molecule has 4 aromatic rings. The Balaban J connectivity index is 1.77. The van der Waals surface area contributed by atoms with Crippen molar-refractivity contribution in [1.29, 1.82) is 0 Å². The summed E-state index contributed by atoms with van der Waals surface area (Å²) in [5, 5.41) is 1.39. The Morgan fingerprint density at radius 1 is 1.00 bits per heavy atom. The molecule has 3 nitrogen and oxygen atoms in total. The predicted molar refractivity (Wildman–Crippen MR) is 104 cm³/mol. The van der Waals surface area contributed by atoms with Crippen LogP contribution in [0, 0.1) is 5.82 Å². The molecule has 2 N–H and O–H groups in total. The molecule has 0 saturated carbocycles. The van der Waals surface area contributed by atoms with Crippen molar-refractivity contribution in [1.82, 2.24) is 4.98 Å². The summed E-state index contributed by atoms with van der Waals surface area (Å²) in [5.74, 6) is -0.626. The predicted octanol–water partition coefficient (Wildman–Crippen LogP) is 5.57. The maximum absolute atomic E-state index is 13.1. The highest BCUT2D eigenvalue weighted by atomic mass is 35.5. The number of nitrogen functional groups attached to an aromatic ring is 1. The van der Waals surface area contributed by atoms with Crippen LogP contribution in [0.1, 0.15) is 15.2 Å². The fourth-order valence-corrected chi connectivity index (χ4v) is 3.86. The number of rotatable bonds is 3. The third-order valence-corrected chi connectivity index (χ3v) is 5.41. The van der Waals surface area contributed by atoms with Gasteiger partial charge in [0.25, 0.3) is 0 Å². The lowest BCUT2D eigenvalue weighted by atomic mass is 10.1. The van der Waals surface area contributed by atoms with Crippen LogP contribution in [0.25, 0.3) is 21.5 Å². The van der Waals surface area contributed by atoms with Crippen LogP contribution in [0.4, 0.5) is 10.1 Å². The van der Waals surface area contributed by atoms with Crippen molar-refractivity contribution in [2.75, 3.05) is 5.73 Å². The van der Waals surface area contributed by atoms with Gasteiger partial charge in [-0.25, -0.2) is 9.37 Å². The van der Waals surface area contributed by atoms with Gasteiger partial charge in [-0.3, -0.25) is 4.79 Å². The number of nitrogens with two attached hydrogens (primary N) is 1. The number of pyridine rings is 1. The molecule has 0 unspecified atom stereocenters. The first-order valence-electron chi connectivity index (χ1n) is 7.78. The van der Waals surface area contributed by atoms with Gasteiger partial charge in [-0.15, -0.1) is 11.3 Å². The van der Waals surface area contributed by atoms with Crippen molar-refractivity contribution in [3.05, 3.63) is 81.9 Å². The second-order valence-corrected chi connectivity index (χ2v) is 7.17. The van der Waals surface area contributed by atoms with Crippen molar-refractivity contribution >= 4 is 44.6 Å². The van der Waals surface area contributed by atoms with Gasteiger partial charge in [0.1, 0.15) is 15.5 Å². The summed E-state index contributed by atoms with van der Waals surface area (Å²) in [7, 11) is 0. The molecule has 26 heavy (non-hydrogen) atoms. The number of halogens is 2. The number of benzene rings is 2. The summed E-state index contributed by atoms with van der Waals surface area (Å²) < 4.78 is 13.1. The standard InChI is InChI=1S/C20H12ClFN2OS/c21-13-5-1-11(2-6-13)16-10-9-15-17(23)19(26-20(15)24-16)18(25)12-3-7-14(22)8-4-12/h1-10H,23H2. The normalized spacial score (nSPS) is 11.0. The van der Waals surface area contributed by atoms with Gasteiger partial charge >= 0.3 is 0 Å². The zero-order valence-corrected chi connectivity index (χ0v) is 14.9. The number of carbonyl (C=O) groups is 1. The Labute approximate surface area is 157 Å². The quantitative estimate of drug-likeness (QED) is 0.471. The van der Waals surface area contributed by atoms with E-state index in [4.69, 9.17) is 17.3 Å². The van der Waals surface area contributed by atoms with Crippen LogP contribution < -0.4 is 5.73 Å². The zero-order chi connectivity index (χ0) is 18.3. The molecule has 0 fully saturated rings. The zero-order valence-electron chi connectivity index (χ0n) is 13.4. The number of hydrogen-bond donors (Lipinski definition) is 1. The van der Waals surface area contributed by atoms with E-state index < -0.39 is 0 Å². The maximum Gasteiger partial charge on any atom is 0.205 e. The summed E-state index contributed by atoms with van der Waals surface area (Å²) in [5.41, 5.74) is 8.66. The van der Waals surface area contributed by atoms with Crippen LogP contribution in [0.3, 0.4) is 0 Å². The van der Waals surface area contributed by atoms with Crippen LogP contribution in [-0.2, 0) is 0 Å². The average Bonchev–Trinajstić information content (AvgIpc) is 2.98. The Morgan fingerprint density at radius 3 is 2.38 bits per heavy atom. The SMILES string of the molecule is Nc1c(C(=O)c2ccc(F)cc2)sc2nc(-c3ccc(Cl)cc3)ccc12. The molecule has 0 atom stereocenters. The molecule has 0 amide bonds. The van der Waals surface area contributed by atoms with Gasteiger partial charge in [-0.1, -0.05) is 23.7 Å². The fraction of sp³-hybridized carbons (Fsp3) is 0. The number of nitrogens with zero attached hydrogens (tertiary/aromatic N) is 1. The molecule has 0 bridgehead atoms. The minimum absolute atomic E-state index is 0.237. The highest BCUT2D eigenvalue weighted by molar-refractivity contribution is 7.21. The molecule has 2 heterocycles. The molecule has 128 valence electrons. The molecule has 0 aliphatic carbocycles. The van der Waals surface area contributed by atoms with Crippen LogP contribution in [0.15, 0.2) is 60.7 Å². The second-order valence-electron chi connectivity index (χ2n) is 5.74. The molecule has 2 aromatic carbocycles. The molecular formula is C20H12ClFN2OS. The molecule has 4 rings (SSSR count). The summed E-state index contributed by atoms with van der Waals surface area (Å²) in [6, 6.07) is 16.5. The first-order valence-corrected chi connectivity index (χ1v) is 8.97. The van der Waals surface area contributed by atoms with Gasteiger partial charge in [0.2, 0.25) is 5.78 Å². The number of carbonyl (C=O) groups excluding carboxylic acids is 1. The second kappa shape index (κ2) is 6.52. The van der Waals surface area contributed by atoms with Crippen LogP contribution in [0.5, 0.6) is 0 Å². The van der Waals surface area contributed by atoms with Crippen LogP contribution >= 0.6 is 22.9 Å². The lowest BCUT2D eigenvalue weighted by Crippen LogP contribution is -2.01. The summed E-state index contributed by atoms with van der Waals surface area (Å²) in [6.07, 6.45) is 0. The number of hydrogen-bond acceptors (Lipinski definition) is 4. The van der Waals surface area contributed by atoms with E-state index in [0.29, 0.717) is 26.0 Å². The Morgan fingerprint density at radius 2 is 1.69 bits per heavy atom. The number of aromatic nitrogens is 1. The molecule has 6 heteroatoms. The first kappa shape index (κ1) is 16.7. The number of thiophene rings is 1.